The minimum absolute atomic E-state index is 0.0223. The Balaban J connectivity index is 1.42. The highest BCUT2D eigenvalue weighted by atomic mass is 32.1. The summed E-state index contributed by atoms with van der Waals surface area (Å²) >= 11 is 1.46. The summed E-state index contributed by atoms with van der Waals surface area (Å²) in [5.41, 5.74) is 0.503. The fourth-order valence-electron chi connectivity index (χ4n) is 2.80. The van der Waals surface area contributed by atoms with Gasteiger partial charge in [0, 0.05) is 44.1 Å². The van der Waals surface area contributed by atoms with E-state index in [1.165, 1.54) is 24.2 Å². The maximum absolute atomic E-state index is 12.6. The van der Waals surface area contributed by atoms with Crippen LogP contribution in [0.5, 0.6) is 0 Å². The Morgan fingerprint density at radius 3 is 2.64 bits per heavy atom. The standard InChI is InChI=1S/C17H27N5O2S/c1-12(2)19-17-20-14(11-25-17)16(24)22-7-5-21(6-8-22)10-15(23)18-9-13-3-4-13/h11-13H,3-10H2,1-2H3,(H,18,23)(H,19,20). The molecule has 2 heterocycles. The van der Waals surface area contributed by atoms with E-state index >= 15 is 0 Å². The Morgan fingerprint density at radius 2 is 2.00 bits per heavy atom. The van der Waals surface area contributed by atoms with Gasteiger partial charge in [-0.25, -0.2) is 4.98 Å². The van der Waals surface area contributed by atoms with Crippen LogP contribution in [0.4, 0.5) is 5.13 Å². The smallest absolute Gasteiger partial charge is 0.273 e. The van der Waals surface area contributed by atoms with E-state index in [9.17, 15) is 9.59 Å². The van der Waals surface area contributed by atoms with E-state index in [0.717, 1.165) is 24.8 Å². The van der Waals surface area contributed by atoms with Gasteiger partial charge in [-0.3, -0.25) is 14.5 Å². The van der Waals surface area contributed by atoms with Gasteiger partial charge in [-0.2, -0.15) is 0 Å². The third-order valence-electron chi connectivity index (χ3n) is 4.45. The molecule has 0 atom stereocenters. The Bertz CT molecular complexity index is 606. The summed E-state index contributed by atoms with van der Waals surface area (Å²) in [6, 6.07) is 0.295. The van der Waals surface area contributed by atoms with Crippen molar-refractivity contribution in [3.63, 3.8) is 0 Å². The molecule has 1 aliphatic heterocycles. The Labute approximate surface area is 152 Å². The highest BCUT2D eigenvalue weighted by molar-refractivity contribution is 7.13. The zero-order valence-corrected chi connectivity index (χ0v) is 15.8. The summed E-state index contributed by atoms with van der Waals surface area (Å²) < 4.78 is 0. The number of nitrogens with zero attached hydrogens (tertiary/aromatic N) is 3. The molecule has 1 aromatic rings. The van der Waals surface area contributed by atoms with Crippen LogP contribution in [-0.4, -0.2) is 71.9 Å². The molecular weight excluding hydrogens is 338 g/mol. The molecule has 7 nitrogen and oxygen atoms in total. The van der Waals surface area contributed by atoms with E-state index < -0.39 is 0 Å². The molecule has 25 heavy (non-hydrogen) atoms. The SMILES string of the molecule is CC(C)Nc1nc(C(=O)N2CCN(CC(=O)NCC3CC3)CC2)cs1. The second-order valence-corrected chi connectivity index (χ2v) is 8.01. The molecule has 1 saturated heterocycles. The summed E-state index contributed by atoms with van der Waals surface area (Å²) in [5.74, 6) is 0.771. The van der Waals surface area contributed by atoms with Crippen molar-refractivity contribution in [2.75, 3.05) is 44.6 Å². The van der Waals surface area contributed by atoms with Crippen molar-refractivity contribution in [2.24, 2.45) is 5.92 Å². The fraction of sp³-hybridized carbons (Fsp3) is 0.706. The van der Waals surface area contributed by atoms with Crippen LogP contribution < -0.4 is 10.6 Å². The fourth-order valence-corrected chi connectivity index (χ4v) is 3.63. The highest BCUT2D eigenvalue weighted by Crippen LogP contribution is 2.27. The summed E-state index contributed by atoms with van der Waals surface area (Å²) in [4.78, 5) is 32.8. The van der Waals surface area contributed by atoms with E-state index in [1.54, 1.807) is 0 Å². The van der Waals surface area contributed by atoms with Gasteiger partial charge < -0.3 is 15.5 Å². The number of hydrogen-bond donors (Lipinski definition) is 2. The van der Waals surface area contributed by atoms with Crippen LogP contribution in [0.15, 0.2) is 5.38 Å². The van der Waals surface area contributed by atoms with Crippen molar-refractivity contribution >= 4 is 28.3 Å². The second-order valence-electron chi connectivity index (χ2n) is 7.15. The van der Waals surface area contributed by atoms with Gasteiger partial charge in [0.15, 0.2) is 5.13 Å². The molecule has 138 valence electrons. The number of aromatic nitrogens is 1. The van der Waals surface area contributed by atoms with Gasteiger partial charge in [0.05, 0.1) is 6.54 Å². The molecule has 0 spiro atoms. The average Bonchev–Trinajstić information content (AvgIpc) is 3.30. The number of piperazine rings is 1. The van der Waals surface area contributed by atoms with E-state index in [-0.39, 0.29) is 11.8 Å². The number of carbonyl (C=O) groups excluding carboxylic acids is 2. The molecule has 2 fully saturated rings. The van der Waals surface area contributed by atoms with E-state index in [1.807, 2.05) is 24.1 Å². The van der Waals surface area contributed by atoms with Gasteiger partial charge in [0.25, 0.3) is 5.91 Å². The molecule has 3 rings (SSSR count). The van der Waals surface area contributed by atoms with Crippen LogP contribution in [0.3, 0.4) is 0 Å². The van der Waals surface area contributed by atoms with Crippen LogP contribution >= 0.6 is 11.3 Å². The first-order valence-corrected chi connectivity index (χ1v) is 9.89. The zero-order valence-electron chi connectivity index (χ0n) is 15.0. The van der Waals surface area contributed by atoms with Crippen LogP contribution in [-0.2, 0) is 4.79 Å². The van der Waals surface area contributed by atoms with Gasteiger partial charge in [-0.15, -0.1) is 11.3 Å². The normalized spacial score (nSPS) is 18.4. The van der Waals surface area contributed by atoms with Crippen LogP contribution in [0.25, 0.3) is 0 Å². The summed E-state index contributed by atoms with van der Waals surface area (Å²) in [7, 11) is 0. The summed E-state index contributed by atoms with van der Waals surface area (Å²) in [6.45, 7) is 8.06. The molecule has 2 aliphatic rings. The minimum Gasteiger partial charge on any atom is -0.359 e. The lowest BCUT2D eigenvalue weighted by Gasteiger charge is -2.33. The third kappa shape index (κ3) is 5.40. The molecule has 2 amide bonds. The molecule has 1 aliphatic carbocycles. The minimum atomic E-state index is -0.0223. The van der Waals surface area contributed by atoms with Crippen molar-refractivity contribution in [2.45, 2.75) is 32.7 Å². The number of nitrogens with one attached hydrogen (secondary N) is 2. The number of rotatable bonds is 7. The van der Waals surface area contributed by atoms with Gasteiger partial charge in [0.1, 0.15) is 5.69 Å². The van der Waals surface area contributed by atoms with E-state index in [2.05, 4.69) is 20.5 Å². The predicted octanol–water partition coefficient (Wildman–Crippen LogP) is 1.25. The molecule has 2 N–H and O–H groups in total. The van der Waals surface area contributed by atoms with E-state index in [0.29, 0.717) is 37.3 Å². The first-order valence-electron chi connectivity index (χ1n) is 9.01. The summed E-state index contributed by atoms with van der Waals surface area (Å²) in [6.07, 6.45) is 2.48. The van der Waals surface area contributed by atoms with Gasteiger partial charge in [-0.05, 0) is 32.6 Å². The first-order chi connectivity index (χ1) is 12.0. The van der Waals surface area contributed by atoms with Gasteiger partial charge >= 0.3 is 0 Å². The molecule has 0 aromatic carbocycles. The monoisotopic (exact) mass is 365 g/mol. The molecule has 0 radical (unpaired) electrons. The van der Waals surface area contributed by atoms with Crippen molar-refractivity contribution in [1.82, 2.24) is 20.1 Å². The van der Waals surface area contributed by atoms with E-state index in [4.69, 9.17) is 0 Å². The Kier molecular flexibility index (Phi) is 5.90. The predicted molar refractivity (Wildman–Crippen MR) is 98.9 cm³/mol. The lowest BCUT2D eigenvalue weighted by molar-refractivity contribution is -0.122. The Hall–Kier alpha value is -1.67. The number of hydrogen-bond acceptors (Lipinski definition) is 6. The molecule has 0 bridgehead atoms. The molecule has 8 heteroatoms. The maximum Gasteiger partial charge on any atom is 0.273 e. The van der Waals surface area contributed by atoms with Crippen molar-refractivity contribution in [3.8, 4) is 0 Å². The molecule has 0 unspecified atom stereocenters. The number of anilines is 1. The second kappa shape index (κ2) is 8.14. The van der Waals surface area contributed by atoms with Crippen molar-refractivity contribution in [1.29, 1.82) is 0 Å². The highest BCUT2D eigenvalue weighted by Gasteiger charge is 2.26. The van der Waals surface area contributed by atoms with Gasteiger partial charge in [-0.1, -0.05) is 0 Å². The lowest BCUT2D eigenvalue weighted by atomic mass is 10.3. The molecular formula is C17H27N5O2S. The lowest BCUT2D eigenvalue weighted by Crippen LogP contribution is -2.51. The Morgan fingerprint density at radius 1 is 1.28 bits per heavy atom. The first kappa shape index (κ1) is 18.1. The quantitative estimate of drug-likeness (QED) is 0.760. The van der Waals surface area contributed by atoms with Crippen molar-refractivity contribution < 1.29 is 9.59 Å². The van der Waals surface area contributed by atoms with Crippen molar-refractivity contribution in [3.05, 3.63) is 11.1 Å². The summed E-state index contributed by atoms with van der Waals surface area (Å²) in [5, 5.41) is 8.81. The zero-order chi connectivity index (χ0) is 17.8. The van der Waals surface area contributed by atoms with Crippen LogP contribution in [0, 0.1) is 5.92 Å². The number of amides is 2. The van der Waals surface area contributed by atoms with Crippen LogP contribution in [0.1, 0.15) is 37.2 Å². The van der Waals surface area contributed by atoms with Gasteiger partial charge in [0.2, 0.25) is 5.91 Å². The number of carbonyl (C=O) groups is 2. The average molecular weight is 366 g/mol. The topological polar surface area (TPSA) is 77.6 Å². The third-order valence-corrected chi connectivity index (χ3v) is 5.22. The number of thiazole rings is 1. The maximum atomic E-state index is 12.6. The largest absolute Gasteiger partial charge is 0.359 e. The van der Waals surface area contributed by atoms with Crippen LogP contribution in [0.2, 0.25) is 0 Å². The molecule has 1 aromatic heterocycles. The molecule has 1 saturated carbocycles.